The molecule has 0 saturated heterocycles. The van der Waals surface area contributed by atoms with Gasteiger partial charge in [0, 0.05) is 16.0 Å². The molecule has 0 radical (unpaired) electrons. The first-order valence-corrected chi connectivity index (χ1v) is 7.64. The average Bonchev–Trinajstić information content (AvgIpc) is 2.27. The Labute approximate surface area is 122 Å². The molecule has 0 saturated carbocycles. The van der Waals surface area contributed by atoms with Crippen molar-refractivity contribution in [1.82, 2.24) is 5.32 Å². The van der Waals surface area contributed by atoms with E-state index in [2.05, 4.69) is 43.8 Å². The van der Waals surface area contributed by atoms with E-state index in [0.29, 0.717) is 17.1 Å². The van der Waals surface area contributed by atoms with Crippen LogP contribution in [0.25, 0.3) is 0 Å². The molecule has 0 heterocycles. The van der Waals surface area contributed by atoms with Crippen LogP contribution in [0, 0.1) is 0 Å². The Morgan fingerprint density at radius 3 is 2.88 bits per heavy atom. The van der Waals surface area contributed by atoms with Crippen molar-refractivity contribution in [3.8, 4) is 0 Å². The van der Waals surface area contributed by atoms with E-state index in [1.165, 1.54) is 0 Å². The maximum atomic E-state index is 11.8. The molecule has 0 aromatic heterocycles. The van der Waals surface area contributed by atoms with E-state index in [0.717, 1.165) is 21.7 Å². The number of benzene rings is 1. The van der Waals surface area contributed by atoms with Crippen molar-refractivity contribution in [3.05, 3.63) is 33.3 Å². The first-order valence-electron chi connectivity index (χ1n) is 4.94. The smallest absolute Gasteiger partial charge is 0.252 e. The summed E-state index contributed by atoms with van der Waals surface area (Å²) in [5.74, 6) is -0.0807. The highest BCUT2D eigenvalue weighted by Gasteiger charge is 2.09. The molecule has 0 aliphatic rings. The Hall–Kier alpha value is 0.190. The molecule has 1 aromatic carbocycles. The van der Waals surface area contributed by atoms with Crippen LogP contribution in [0.1, 0.15) is 23.2 Å². The van der Waals surface area contributed by atoms with Crippen molar-refractivity contribution in [2.45, 2.75) is 12.8 Å². The SMILES string of the molecule is O=C(NCCCCI)c1cc(Cl)ccc1Br. The van der Waals surface area contributed by atoms with Crippen molar-refractivity contribution in [1.29, 1.82) is 0 Å². The summed E-state index contributed by atoms with van der Waals surface area (Å²) in [6, 6.07) is 5.19. The molecule has 0 aliphatic carbocycles. The van der Waals surface area contributed by atoms with Gasteiger partial charge in [0.25, 0.3) is 5.91 Å². The number of carbonyl (C=O) groups is 1. The van der Waals surface area contributed by atoms with Crippen LogP contribution in [0.4, 0.5) is 0 Å². The summed E-state index contributed by atoms with van der Waals surface area (Å²) < 4.78 is 1.89. The van der Waals surface area contributed by atoms with Gasteiger partial charge in [-0.1, -0.05) is 34.2 Å². The molecule has 0 bridgehead atoms. The molecule has 0 aliphatic heterocycles. The van der Waals surface area contributed by atoms with E-state index < -0.39 is 0 Å². The number of alkyl halides is 1. The zero-order valence-electron chi connectivity index (χ0n) is 8.60. The molecule has 0 atom stereocenters. The highest BCUT2D eigenvalue weighted by molar-refractivity contribution is 14.1. The highest BCUT2D eigenvalue weighted by atomic mass is 127. The predicted molar refractivity (Wildman–Crippen MR) is 79.6 cm³/mol. The van der Waals surface area contributed by atoms with Crippen molar-refractivity contribution < 1.29 is 4.79 Å². The maximum Gasteiger partial charge on any atom is 0.252 e. The first kappa shape index (κ1) is 14.3. The van der Waals surface area contributed by atoms with Gasteiger partial charge in [0.1, 0.15) is 0 Å². The van der Waals surface area contributed by atoms with E-state index in [1.54, 1.807) is 18.2 Å². The topological polar surface area (TPSA) is 29.1 Å². The summed E-state index contributed by atoms with van der Waals surface area (Å²) in [5.41, 5.74) is 0.585. The van der Waals surface area contributed by atoms with E-state index >= 15 is 0 Å². The van der Waals surface area contributed by atoms with Gasteiger partial charge in [0.2, 0.25) is 0 Å². The van der Waals surface area contributed by atoms with Crippen LogP contribution in [0.3, 0.4) is 0 Å². The summed E-state index contributed by atoms with van der Waals surface area (Å²) in [6.07, 6.45) is 2.13. The minimum absolute atomic E-state index is 0.0807. The van der Waals surface area contributed by atoms with Crippen LogP contribution in [-0.4, -0.2) is 16.9 Å². The number of carbonyl (C=O) groups excluding carboxylic acids is 1. The number of nitrogens with one attached hydrogen (secondary N) is 1. The van der Waals surface area contributed by atoms with Gasteiger partial charge < -0.3 is 5.32 Å². The number of hydrogen-bond acceptors (Lipinski definition) is 1. The van der Waals surface area contributed by atoms with E-state index in [1.807, 2.05) is 0 Å². The van der Waals surface area contributed by atoms with Crippen molar-refractivity contribution >= 4 is 56.0 Å². The summed E-state index contributed by atoms with van der Waals surface area (Å²) in [5, 5.41) is 3.44. The molecule has 5 heteroatoms. The zero-order chi connectivity index (χ0) is 12.0. The van der Waals surface area contributed by atoms with Crippen LogP contribution in [0.2, 0.25) is 5.02 Å². The van der Waals surface area contributed by atoms with Gasteiger partial charge in [-0.3, -0.25) is 4.79 Å². The molecule has 2 nitrogen and oxygen atoms in total. The summed E-state index contributed by atoms with van der Waals surface area (Å²) in [7, 11) is 0. The second kappa shape index (κ2) is 7.50. The molecule has 16 heavy (non-hydrogen) atoms. The van der Waals surface area contributed by atoms with Gasteiger partial charge in [-0.15, -0.1) is 0 Å². The van der Waals surface area contributed by atoms with Crippen molar-refractivity contribution in [2.24, 2.45) is 0 Å². The number of halogens is 3. The summed E-state index contributed by atoms with van der Waals surface area (Å²) >= 11 is 11.5. The predicted octanol–water partition coefficient (Wildman–Crippen LogP) is 4.05. The van der Waals surface area contributed by atoms with Gasteiger partial charge >= 0.3 is 0 Å². The van der Waals surface area contributed by atoms with E-state index in [9.17, 15) is 4.79 Å². The van der Waals surface area contributed by atoms with Gasteiger partial charge in [0.15, 0.2) is 0 Å². The Balaban J connectivity index is 2.55. The van der Waals surface area contributed by atoms with Crippen LogP contribution in [0.15, 0.2) is 22.7 Å². The number of hydrogen-bond donors (Lipinski definition) is 1. The lowest BCUT2D eigenvalue weighted by Crippen LogP contribution is -2.24. The summed E-state index contributed by atoms with van der Waals surface area (Å²) in [6.45, 7) is 0.709. The molecule has 0 fully saturated rings. The Bertz CT molecular complexity index is 373. The summed E-state index contributed by atoms with van der Waals surface area (Å²) in [4.78, 5) is 11.8. The van der Waals surface area contributed by atoms with Crippen LogP contribution in [-0.2, 0) is 0 Å². The third-order valence-corrected chi connectivity index (χ3v) is 3.71. The van der Waals surface area contributed by atoms with Gasteiger partial charge in [0.05, 0.1) is 5.56 Å². The number of rotatable bonds is 5. The average molecular weight is 416 g/mol. The molecule has 88 valence electrons. The fraction of sp³-hybridized carbons (Fsp3) is 0.364. The molecule has 0 unspecified atom stereocenters. The van der Waals surface area contributed by atoms with Crippen LogP contribution >= 0.6 is 50.1 Å². The third kappa shape index (κ3) is 4.59. The lowest BCUT2D eigenvalue weighted by molar-refractivity contribution is 0.0952. The minimum atomic E-state index is -0.0807. The molecule has 1 N–H and O–H groups in total. The Kier molecular flexibility index (Phi) is 6.68. The second-order valence-corrected chi connectivity index (χ2v) is 5.65. The van der Waals surface area contributed by atoms with Gasteiger partial charge in [-0.05, 0) is 51.4 Å². The molecular weight excluding hydrogens is 404 g/mol. The lowest BCUT2D eigenvalue weighted by Gasteiger charge is -2.06. The van der Waals surface area contributed by atoms with E-state index in [4.69, 9.17) is 11.6 Å². The third-order valence-electron chi connectivity index (χ3n) is 2.02. The Morgan fingerprint density at radius 2 is 2.19 bits per heavy atom. The number of unbranched alkanes of at least 4 members (excludes halogenated alkanes) is 1. The fourth-order valence-corrected chi connectivity index (χ4v) is 2.33. The first-order chi connectivity index (χ1) is 7.65. The maximum absolute atomic E-state index is 11.8. The molecule has 1 rings (SSSR count). The van der Waals surface area contributed by atoms with E-state index in [-0.39, 0.29) is 5.91 Å². The molecule has 1 aromatic rings. The molecule has 1 amide bonds. The molecule has 0 spiro atoms. The largest absolute Gasteiger partial charge is 0.352 e. The number of amides is 1. The van der Waals surface area contributed by atoms with Crippen LogP contribution in [0.5, 0.6) is 0 Å². The van der Waals surface area contributed by atoms with Gasteiger partial charge in [-0.25, -0.2) is 0 Å². The minimum Gasteiger partial charge on any atom is -0.352 e. The lowest BCUT2D eigenvalue weighted by atomic mass is 10.2. The normalized spacial score (nSPS) is 10.2. The van der Waals surface area contributed by atoms with Crippen molar-refractivity contribution in [2.75, 3.05) is 11.0 Å². The van der Waals surface area contributed by atoms with Crippen molar-refractivity contribution in [3.63, 3.8) is 0 Å². The quantitative estimate of drug-likeness (QED) is 0.438. The Morgan fingerprint density at radius 1 is 1.44 bits per heavy atom. The zero-order valence-corrected chi connectivity index (χ0v) is 13.1. The molecular formula is C11H12BrClINO. The highest BCUT2D eigenvalue weighted by Crippen LogP contribution is 2.20. The van der Waals surface area contributed by atoms with Gasteiger partial charge in [-0.2, -0.15) is 0 Å². The fourth-order valence-electron chi connectivity index (χ4n) is 1.19. The standard InChI is InChI=1S/C11H12BrClINO/c12-10-4-3-8(13)7-9(10)11(16)15-6-2-1-5-14/h3-4,7H,1-2,5-6H2,(H,15,16). The van der Waals surface area contributed by atoms with Crippen LogP contribution < -0.4 is 5.32 Å². The monoisotopic (exact) mass is 415 g/mol. The second-order valence-electron chi connectivity index (χ2n) is 3.28.